The predicted molar refractivity (Wildman–Crippen MR) is 75.6 cm³/mol. The molecule has 6 nitrogen and oxygen atoms in total. The summed E-state index contributed by atoms with van der Waals surface area (Å²) in [6.45, 7) is 2.02. The molecule has 0 heterocycles. The lowest BCUT2D eigenvalue weighted by Crippen LogP contribution is -2.34. The largest absolute Gasteiger partial charge is 0.497 e. The Morgan fingerprint density at radius 1 is 1.63 bits per heavy atom. The summed E-state index contributed by atoms with van der Waals surface area (Å²) in [5, 5.41) is 14.1. The van der Waals surface area contributed by atoms with Gasteiger partial charge >= 0.3 is 0 Å². The van der Waals surface area contributed by atoms with Crippen molar-refractivity contribution in [3.63, 3.8) is 0 Å². The standard InChI is InChI=1S/C12H16BrN3O3/c1-7(11(14)16-18)6-15-12(17)9-5-8(19-2)3-4-10(9)13/h3-5,7,18H,6H2,1-2H3,(H2,14,16)(H,15,17). The quantitative estimate of drug-likeness (QED) is 0.330. The topological polar surface area (TPSA) is 96.9 Å². The summed E-state index contributed by atoms with van der Waals surface area (Å²) in [5.41, 5.74) is 5.90. The molecule has 1 aromatic rings. The Labute approximate surface area is 119 Å². The van der Waals surface area contributed by atoms with Gasteiger partial charge in [0.25, 0.3) is 5.91 Å². The van der Waals surface area contributed by atoms with Gasteiger partial charge in [-0.1, -0.05) is 12.1 Å². The molecule has 0 bridgehead atoms. The fraction of sp³-hybridized carbons (Fsp3) is 0.333. The number of methoxy groups -OCH3 is 1. The molecule has 0 spiro atoms. The second-order valence-electron chi connectivity index (χ2n) is 3.98. The monoisotopic (exact) mass is 329 g/mol. The highest BCUT2D eigenvalue weighted by Crippen LogP contribution is 2.22. The molecule has 0 radical (unpaired) electrons. The number of ether oxygens (including phenoxy) is 1. The molecular weight excluding hydrogens is 314 g/mol. The van der Waals surface area contributed by atoms with E-state index < -0.39 is 0 Å². The van der Waals surface area contributed by atoms with Crippen molar-refractivity contribution in [1.82, 2.24) is 5.32 Å². The van der Waals surface area contributed by atoms with Gasteiger partial charge in [-0.25, -0.2) is 0 Å². The first-order chi connectivity index (χ1) is 8.99. The number of carbonyl (C=O) groups excluding carboxylic acids is 1. The minimum absolute atomic E-state index is 0.0741. The number of amides is 1. The average Bonchev–Trinajstić information content (AvgIpc) is 2.43. The van der Waals surface area contributed by atoms with Gasteiger partial charge in [0, 0.05) is 16.9 Å². The molecule has 7 heteroatoms. The molecule has 1 rings (SSSR count). The van der Waals surface area contributed by atoms with E-state index in [0.29, 0.717) is 15.8 Å². The lowest BCUT2D eigenvalue weighted by Gasteiger charge is -2.12. The Morgan fingerprint density at radius 3 is 2.89 bits per heavy atom. The van der Waals surface area contributed by atoms with Crippen molar-refractivity contribution < 1.29 is 14.7 Å². The van der Waals surface area contributed by atoms with Gasteiger partial charge in [0.05, 0.1) is 12.7 Å². The third kappa shape index (κ3) is 4.13. The van der Waals surface area contributed by atoms with Gasteiger partial charge in [-0.2, -0.15) is 0 Å². The van der Waals surface area contributed by atoms with Gasteiger partial charge in [-0.05, 0) is 34.1 Å². The molecule has 0 aliphatic heterocycles. The van der Waals surface area contributed by atoms with Crippen LogP contribution in [0.1, 0.15) is 17.3 Å². The molecule has 0 fully saturated rings. The number of nitrogens with one attached hydrogen (secondary N) is 1. The maximum absolute atomic E-state index is 12.0. The first-order valence-electron chi connectivity index (χ1n) is 5.58. The number of carbonyl (C=O) groups is 1. The highest BCUT2D eigenvalue weighted by atomic mass is 79.9. The number of hydrogen-bond donors (Lipinski definition) is 3. The summed E-state index contributed by atoms with van der Waals surface area (Å²) in [6, 6.07) is 5.12. The van der Waals surface area contributed by atoms with Crippen LogP contribution in [0.25, 0.3) is 0 Å². The van der Waals surface area contributed by atoms with E-state index >= 15 is 0 Å². The number of halogens is 1. The fourth-order valence-corrected chi connectivity index (χ4v) is 1.78. The number of hydrogen-bond acceptors (Lipinski definition) is 4. The van der Waals surface area contributed by atoms with Crippen molar-refractivity contribution in [3.05, 3.63) is 28.2 Å². The Morgan fingerprint density at radius 2 is 2.32 bits per heavy atom. The van der Waals surface area contributed by atoms with E-state index in [9.17, 15) is 4.79 Å². The molecule has 0 aromatic heterocycles. The van der Waals surface area contributed by atoms with Crippen LogP contribution in [0.3, 0.4) is 0 Å². The summed E-state index contributed by atoms with van der Waals surface area (Å²) in [5.74, 6) is 0.157. The molecule has 19 heavy (non-hydrogen) atoms. The number of rotatable bonds is 5. The smallest absolute Gasteiger partial charge is 0.252 e. The van der Waals surface area contributed by atoms with Crippen LogP contribution in [0.2, 0.25) is 0 Å². The minimum Gasteiger partial charge on any atom is -0.497 e. The molecule has 0 aliphatic rings. The second-order valence-corrected chi connectivity index (χ2v) is 4.84. The van der Waals surface area contributed by atoms with Crippen LogP contribution >= 0.6 is 15.9 Å². The maximum Gasteiger partial charge on any atom is 0.252 e. The van der Waals surface area contributed by atoms with Gasteiger partial charge < -0.3 is 21.0 Å². The first-order valence-corrected chi connectivity index (χ1v) is 6.38. The SMILES string of the molecule is COc1ccc(Br)c(C(=O)NCC(C)C(N)=NO)c1. The van der Waals surface area contributed by atoms with E-state index in [0.717, 1.165) is 0 Å². The van der Waals surface area contributed by atoms with Gasteiger partial charge in [0.1, 0.15) is 11.6 Å². The molecule has 104 valence electrons. The Balaban J connectivity index is 2.73. The van der Waals surface area contributed by atoms with Gasteiger partial charge in [0.15, 0.2) is 0 Å². The van der Waals surface area contributed by atoms with Gasteiger partial charge in [0.2, 0.25) is 0 Å². The van der Waals surface area contributed by atoms with Crippen molar-refractivity contribution in [2.24, 2.45) is 16.8 Å². The second kappa shape index (κ2) is 6.98. The van der Waals surface area contributed by atoms with Crippen LogP contribution in [-0.4, -0.2) is 30.6 Å². The Hall–Kier alpha value is -1.76. The first kappa shape index (κ1) is 15.3. The van der Waals surface area contributed by atoms with Crippen molar-refractivity contribution >= 4 is 27.7 Å². The van der Waals surface area contributed by atoms with Crippen molar-refractivity contribution in [2.45, 2.75) is 6.92 Å². The molecule has 4 N–H and O–H groups in total. The number of benzene rings is 1. The molecule has 0 aliphatic carbocycles. The van der Waals surface area contributed by atoms with Gasteiger partial charge in [-0.3, -0.25) is 4.79 Å². The minimum atomic E-state index is -0.261. The van der Waals surface area contributed by atoms with Crippen LogP contribution in [0.4, 0.5) is 0 Å². The molecule has 1 atom stereocenters. The van der Waals surface area contributed by atoms with Crippen LogP contribution in [0, 0.1) is 5.92 Å². The number of amidine groups is 1. The highest BCUT2D eigenvalue weighted by molar-refractivity contribution is 9.10. The van der Waals surface area contributed by atoms with Gasteiger partial charge in [-0.15, -0.1) is 0 Å². The van der Waals surface area contributed by atoms with E-state index in [1.807, 2.05) is 0 Å². The maximum atomic E-state index is 12.0. The Bertz CT molecular complexity index is 491. The summed E-state index contributed by atoms with van der Waals surface area (Å²) in [6.07, 6.45) is 0. The van der Waals surface area contributed by atoms with Crippen LogP contribution in [0.5, 0.6) is 5.75 Å². The Kier molecular flexibility index (Phi) is 5.62. The third-order valence-electron chi connectivity index (χ3n) is 2.61. The molecular formula is C12H16BrN3O3. The molecule has 1 aromatic carbocycles. The normalized spacial score (nSPS) is 12.9. The number of oxime groups is 1. The summed E-state index contributed by atoms with van der Waals surface area (Å²) < 4.78 is 5.74. The zero-order chi connectivity index (χ0) is 14.4. The van der Waals surface area contributed by atoms with E-state index in [1.165, 1.54) is 7.11 Å². The highest BCUT2D eigenvalue weighted by Gasteiger charge is 2.14. The molecule has 0 saturated heterocycles. The predicted octanol–water partition coefficient (Wildman–Crippen LogP) is 1.57. The van der Waals surface area contributed by atoms with E-state index in [2.05, 4.69) is 26.4 Å². The summed E-state index contributed by atoms with van der Waals surface area (Å²) in [4.78, 5) is 12.0. The van der Waals surface area contributed by atoms with E-state index in [4.69, 9.17) is 15.7 Å². The molecule has 1 unspecified atom stereocenters. The van der Waals surface area contributed by atoms with Crippen molar-refractivity contribution in [2.75, 3.05) is 13.7 Å². The van der Waals surface area contributed by atoms with E-state index in [-0.39, 0.29) is 24.2 Å². The van der Waals surface area contributed by atoms with Crippen molar-refractivity contribution in [1.29, 1.82) is 0 Å². The van der Waals surface area contributed by atoms with Crippen LogP contribution in [0.15, 0.2) is 27.8 Å². The van der Waals surface area contributed by atoms with Crippen LogP contribution < -0.4 is 15.8 Å². The number of nitrogens with zero attached hydrogens (tertiary/aromatic N) is 1. The molecule has 1 amide bonds. The van der Waals surface area contributed by atoms with Crippen molar-refractivity contribution in [3.8, 4) is 5.75 Å². The summed E-state index contributed by atoms with van der Waals surface area (Å²) in [7, 11) is 1.53. The average molecular weight is 330 g/mol. The fourth-order valence-electron chi connectivity index (χ4n) is 1.35. The zero-order valence-electron chi connectivity index (χ0n) is 10.7. The van der Waals surface area contributed by atoms with E-state index in [1.54, 1.807) is 25.1 Å². The zero-order valence-corrected chi connectivity index (χ0v) is 12.3. The summed E-state index contributed by atoms with van der Waals surface area (Å²) >= 11 is 3.31. The number of nitrogens with two attached hydrogens (primary N) is 1. The molecule has 0 saturated carbocycles. The lowest BCUT2D eigenvalue weighted by molar-refractivity contribution is 0.0950. The third-order valence-corrected chi connectivity index (χ3v) is 3.30. The van der Waals surface area contributed by atoms with Crippen LogP contribution in [-0.2, 0) is 0 Å². The lowest BCUT2D eigenvalue weighted by atomic mass is 10.1.